The molecule has 0 aliphatic carbocycles. The van der Waals surface area contributed by atoms with Crippen LogP contribution in [0.25, 0.3) is 0 Å². The average molecular weight is 322 g/mol. The third kappa shape index (κ3) is 2.84. The van der Waals surface area contributed by atoms with E-state index in [0.29, 0.717) is 10.6 Å². The lowest BCUT2D eigenvalue weighted by Crippen LogP contribution is -1.93. The molecule has 0 saturated carbocycles. The van der Waals surface area contributed by atoms with Gasteiger partial charge in [0.1, 0.15) is 0 Å². The minimum atomic E-state index is 0.672. The molecule has 0 radical (unpaired) electrons. The Hall–Kier alpha value is -1.50. The predicted octanol–water partition coefficient (Wildman–Crippen LogP) is 5.03. The second kappa shape index (κ2) is 5.43. The number of halogens is 2. The molecule has 2 rings (SSSR count). The molecule has 0 bridgehead atoms. The van der Waals surface area contributed by atoms with E-state index >= 15 is 0 Å². The van der Waals surface area contributed by atoms with Crippen LogP contribution in [0.15, 0.2) is 40.9 Å². The summed E-state index contributed by atoms with van der Waals surface area (Å²) in [4.78, 5) is 0. The molecule has 90 valence electrons. The Morgan fingerprint density at radius 1 is 1.22 bits per heavy atom. The summed E-state index contributed by atoms with van der Waals surface area (Å²) in [5.41, 5.74) is 3.45. The van der Waals surface area contributed by atoms with Gasteiger partial charge < -0.3 is 5.32 Å². The summed E-state index contributed by atoms with van der Waals surface area (Å²) in [6.07, 6.45) is 0. The highest BCUT2D eigenvalue weighted by molar-refractivity contribution is 9.10. The number of rotatable bonds is 2. The topological polar surface area (TPSA) is 35.8 Å². The van der Waals surface area contributed by atoms with Crippen molar-refractivity contribution < 1.29 is 0 Å². The number of aryl methyl sites for hydroxylation is 1. The highest BCUT2D eigenvalue weighted by atomic mass is 79.9. The number of benzene rings is 2. The fraction of sp³-hybridized carbons (Fsp3) is 0.0714. The number of hydrogen-bond donors (Lipinski definition) is 1. The third-order valence-corrected chi connectivity index (χ3v) is 3.48. The number of hydrogen-bond acceptors (Lipinski definition) is 2. The maximum Gasteiger partial charge on any atom is 0.0994 e. The molecule has 0 aliphatic rings. The van der Waals surface area contributed by atoms with E-state index in [1.165, 1.54) is 0 Å². The van der Waals surface area contributed by atoms with Crippen LogP contribution in [0.5, 0.6) is 0 Å². The molecule has 0 heterocycles. The summed E-state index contributed by atoms with van der Waals surface area (Å²) < 4.78 is 0.939. The lowest BCUT2D eigenvalue weighted by molar-refractivity contribution is 1.38. The van der Waals surface area contributed by atoms with Gasteiger partial charge in [0, 0.05) is 15.2 Å². The summed E-state index contributed by atoms with van der Waals surface area (Å²) in [6, 6.07) is 13.3. The minimum Gasteiger partial charge on any atom is -0.355 e. The number of anilines is 2. The van der Waals surface area contributed by atoms with Crippen molar-refractivity contribution >= 4 is 38.9 Å². The number of nitriles is 1. The maximum atomic E-state index is 8.88. The summed E-state index contributed by atoms with van der Waals surface area (Å²) >= 11 is 9.42. The van der Waals surface area contributed by atoms with Crippen LogP contribution < -0.4 is 5.32 Å². The predicted molar refractivity (Wildman–Crippen MR) is 78.3 cm³/mol. The monoisotopic (exact) mass is 320 g/mol. The molecular weight excluding hydrogens is 312 g/mol. The van der Waals surface area contributed by atoms with Gasteiger partial charge in [-0.3, -0.25) is 0 Å². The molecule has 2 aromatic carbocycles. The van der Waals surface area contributed by atoms with E-state index in [-0.39, 0.29) is 0 Å². The van der Waals surface area contributed by atoms with E-state index < -0.39 is 0 Å². The van der Waals surface area contributed by atoms with Crippen molar-refractivity contribution in [3.63, 3.8) is 0 Å². The minimum absolute atomic E-state index is 0.672. The normalized spacial score (nSPS) is 9.89. The highest BCUT2D eigenvalue weighted by Crippen LogP contribution is 2.29. The molecule has 18 heavy (non-hydrogen) atoms. The van der Waals surface area contributed by atoms with Gasteiger partial charge >= 0.3 is 0 Å². The molecule has 0 spiro atoms. The SMILES string of the molecule is Cc1cc(Nc2cc(Cl)ccc2Br)ccc1C#N. The van der Waals surface area contributed by atoms with Crippen molar-refractivity contribution in [2.75, 3.05) is 5.32 Å². The standard InChI is InChI=1S/C14H10BrClN2/c1-9-6-12(4-2-10(9)8-17)18-14-7-11(16)3-5-13(14)15/h2-7,18H,1H3. The first-order valence-corrected chi connectivity index (χ1v) is 6.50. The molecule has 2 nitrogen and oxygen atoms in total. The molecule has 0 aromatic heterocycles. The fourth-order valence-corrected chi connectivity index (χ4v) is 2.13. The Kier molecular flexibility index (Phi) is 3.90. The Balaban J connectivity index is 2.32. The molecule has 0 saturated heterocycles. The summed E-state index contributed by atoms with van der Waals surface area (Å²) in [5, 5.41) is 12.8. The van der Waals surface area contributed by atoms with E-state index in [0.717, 1.165) is 21.4 Å². The van der Waals surface area contributed by atoms with Gasteiger partial charge in [0.05, 0.1) is 17.3 Å². The molecule has 2 aromatic rings. The van der Waals surface area contributed by atoms with E-state index in [4.69, 9.17) is 16.9 Å². The van der Waals surface area contributed by atoms with Gasteiger partial charge in [-0.1, -0.05) is 11.6 Å². The summed E-state index contributed by atoms with van der Waals surface area (Å²) in [7, 11) is 0. The molecule has 0 unspecified atom stereocenters. The van der Waals surface area contributed by atoms with Gasteiger partial charge in [-0.05, 0) is 64.8 Å². The molecule has 0 fully saturated rings. The first-order chi connectivity index (χ1) is 8.60. The Morgan fingerprint density at radius 3 is 2.67 bits per heavy atom. The second-order valence-corrected chi connectivity index (χ2v) is 5.18. The van der Waals surface area contributed by atoms with E-state index in [1.807, 2.05) is 37.3 Å². The van der Waals surface area contributed by atoms with Crippen molar-refractivity contribution in [1.29, 1.82) is 5.26 Å². The Morgan fingerprint density at radius 2 is 2.00 bits per heavy atom. The van der Waals surface area contributed by atoms with Crippen LogP contribution in [0.1, 0.15) is 11.1 Å². The van der Waals surface area contributed by atoms with Gasteiger partial charge in [0.2, 0.25) is 0 Å². The van der Waals surface area contributed by atoms with Gasteiger partial charge in [-0.2, -0.15) is 5.26 Å². The van der Waals surface area contributed by atoms with Crippen molar-refractivity contribution in [2.24, 2.45) is 0 Å². The van der Waals surface area contributed by atoms with Crippen molar-refractivity contribution in [2.45, 2.75) is 6.92 Å². The Bertz CT molecular complexity index is 632. The zero-order valence-corrected chi connectivity index (χ0v) is 12.0. The molecule has 4 heteroatoms. The van der Waals surface area contributed by atoms with E-state index in [9.17, 15) is 0 Å². The van der Waals surface area contributed by atoms with Crippen molar-refractivity contribution in [3.05, 3.63) is 57.0 Å². The molecular formula is C14H10BrClN2. The van der Waals surface area contributed by atoms with Gasteiger partial charge in [-0.25, -0.2) is 0 Å². The first-order valence-electron chi connectivity index (χ1n) is 5.33. The quantitative estimate of drug-likeness (QED) is 0.842. The molecule has 1 N–H and O–H groups in total. The zero-order chi connectivity index (χ0) is 13.1. The van der Waals surface area contributed by atoms with Gasteiger partial charge in [-0.15, -0.1) is 0 Å². The highest BCUT2D eigenvalue weighted by Gasteiger charge is 2.03. The van der Waals surface area contributed by atoms with Crippen LogP contribution >= 0.6 is 27.5 Å². The third-order valence-electron chi connectivity index (χ3n) is 2.55. The molecule has 0 atom stereocenters. The fourth-order valence-electron chi connectivity index (χ4n) is 1.62. The average Bonchev–Trinajstić information content (AvgIpc) is 2.34. The van der Waals surface area contributed by atoms with Crippen LogP contribution in [-0.4, -0.2) is 0 Å². The second-order valence-electron chi connectivity index (χ2n) is 3.89. The first kappa shape index (κ1) is 12.9. The van der Waals surface area contributed by atoms with Crippen LogP contribution in [0.2, 0.25) is 5.02 Å². The molecule has 0 aliphatic heterocycles. The van der Waals surface area contributed by atoms with Crippen molar-refractivity contribution in [1.82, 2.24) is 0 Å². The lowest BCUT2D eigenvalue weighted by Gasteiger charge is -2.10. The van der Waals surface area contributed by atoms with Crippen LogP contribution in [0.4, 0.5) is 11.4 Å². The van der Waals surface area contributed by atoms with Gasteiger partial charge in [0.25, 0.3) is 0 Å². The van der Waals surface area contributed by atoms with Crippen LogP contribution in [0.3, 0.4) is 0 Å². The number of nitrogens with zero attached hydrogens (tertiary/aromatic N) is 1. The summed E-state index contributed by atoms with van der Waals surface area (Å²) in [6.45, 7) is 1.91. The zero-order valence-electron chi connectivity index (χ0n) is 9.67. The maximum absolute atomic E-state index is 8.88. The largest absolute Gasteiger partial charge is 0.355 e. The lowest BCUT2D eigenvalue weighted by atomic mass is 10.1. The molecule has 0 amide bonds. The van der Waals surface area contributed by atoms with E-state index in [2.05, 4.69) is 27.3 Å². The van der Waals surface area contributed by atoms with E-state index in [1.54, 1.807) is 6.07 Å². The van der Waals surface area contributed by atoms with Gasteiger partial charge in [0.15, 0.2) is 0 Å². The Labute approximate surface area is 119 Å². The van der Waals surface area contributed by atoms with Crippen molar-refractivity contribution in [3.8, 4) is 6.07 Å². The van der Waals surface area contributed by atoms with Crippen LogP contribution in [-0.2, 0) is 0 Å². The van der Waals surface area contributed by atoms with Crippen LogP contribution in [0, 0.1) is 18.3 Å². The number of nitrogens with one attached hydrogen (secondary N) is 1. The summed E-state index contributed by atoms with van der Waals surface area (Å²) in [5.74, 6) is 0. The smallest absolute Gasteiger partial charge is 0.0994 e.